The second kappa shape index (κ2) is 5.48. The summed E-state index contributed by atoms with van der Waals surface area (Å²) in [5.41, 5.74) is -1.95. The Morgan fingerprint density at radius 1 is 1.25 bits per heavy atom. The van der Waals surface area contributed by atoms with Crippen LogP contribution in [0.2, 0.25) is 0 Å². The van der Waals surface area contributed by atoms with E-state index in [1.165, 1.54) is 4.57 Å². The Bertz CT molecular complexity index is 730. The van der Waals surface area contributed by atoms with Gasteiger partial charge in [0.15, 0.2) is 5.78 Å². The molecule has 0 spiro atoms. The molecule has 2 aliphatic rings. The lowest BCUT2D eigenvalue weighted by Gasteiger charge is -2.32. The quantitative estimate of drug-likeness (QED) is 0.776. The number of alkyl halides is 2. The van der Waals surface area contributed by atoms with Gasteiger partial charge in [0.25, 0.3) is 11.5 Å². The van der Waals surface area contributed by atoms with Gasteiger partial charge in [0.2, 0.25) is 0 Å². The standard InChI is InChI=1S/C18H24F2N2O2/c1-4-14(23)13-6-5-8-22(15(13)24)11-10-21-9-7-16(2)17(3,12-21)18(16,19)20/h5-6,8H,4,7,9-12H2,1-3H3. The van der Waals surface area contributed by atoms with Crippen molar-refractivity contribution >= 4 is 5.78 Å². The van der Waals surface area contributed by atoms with Crippen LogP contribution in [0.4, 0.5) is 8.78 Å². The normalized spacial score (nSPS) is 31.5. The molecule has 2 heterocycles. The molecule has 1 saturated carbocycles. The van der Waals surface area contributed by atoms with Crippen molar-refractivity contribution in [2.24, 2.45) is 10.8 Å². The van der Waals surface area contributed by atoms with E-state index in [9.17, 15) is 18.4 Å². The summed E-state index contributed by atoms with van der Waals surface area (Å²) in [5.74, 6) is -2.78. The zero-order chi connectivity index (χ0) is 17.8. The summed E-state index contributed by atoms with van der Waals surface area (Å²) < 4.78 is 29.8. The number of likely N-dealkylation sites (tertiary alicyclic amines) is 1. The largest absolute Gasteiger partial charge is 0.314 e. The van der Waals surface area contributed by atoms with Gasteiger partial charge in [-0.2, -0.15) is 0 Å². The summed E-state index contributed by atoms with van der Waals surface area (Å²) >= 11 is 0. The molecule has 4 nitrogen and oxygen atoms in total. The number of nitrogens with zero attached hydrogens (tertiary/aromatic N) is 2. The number of aromatic nitrogens is 1. The molecular weight excluding hydrogens is 314 g/mol. The maximum atomic E-state index is 14.1. The highest BCUT2D eigenvalue weighted by Gasteiger charge is 2.86. The maximum absolute atomic E-state index is 14.1. The summed E-state index contributed by atoms with van der Waals surface area (Å²) in [7, 11) is 0. The molecule has 3 rings (SSSR count). The van der Waals surface area contributed by atoms with Crippen molar-refractivity contribution in [1.29, 1.82) is 0 Å². The van der Waals surface area contributed by atoms with Crippen LogP contribution in [0.3, 0.4) is 0 Å². The van der Waals surface area contributed by atoms with Crippen LogP contribution < -0.4 is 5.56 Å². The third-order valence-electron chi connectivity index (χ3n) is 6.31. The Labute approximate surface area is 140 Å². The van der Waals surface area contributed by atoms with E-state index in [2.05, 4.69) is 0 Å². The molecule has 2 unspecified atom stereocenters. The van der Waals surface area contributed by atoms with Gasteiger partial charge in [-0.05, 0) is 25.1 Å². The maximum Gasteiger partial charge on any atom is 0.261 e. The number of hydrogen-bond donors (Lipinski definition) is 0. The molecule has 132 valence electrons. The molecule has 2 fully saturated rings. The fraction of sp³-hybridized carbons (Fsp3) is 0.667. The Hall–Kier alpha value is -1.56. The molecule has 0 bridgehead atoms. The average Bonchev–Trinajstić information content (AvgIpc) is 2.91. The van der Waals surface area contributed by atoms with E-state index in [4.69, 9.17) is 0 Å². The molecule has 6 heteroatoms. The zero-order valence-electron chi connectivity index (χ0n) is 14.4. The van der Waals surface area contributed by atoms with Gasteiger partial charge in [0.1, 0.15) is 0 Å². The number of halogens is 2. The van der Waals surface area contributed by atoms with Crippen LogP contribution in [-0.2, 0) is 6.54 Å². The van der Waals surface area contributed by atoms with Crippen LogP contribution in [-0.4, -0.2) is 40.8 Å². The number of rotatable bonds is 5. The van der Waals surface area contributed by atoms with E-state index in [-0.39, 0.29) is 23.3 Å². The number of ketones is 1. The minimum absolute atomic E-state index is 0.173. The van der Waals surface area contributed by atoms with Crippen LogP contribution in [0.5, 0.6) is 0 Å². The van der Waals surface area contributed by atoms with Crippen LogP contribution in [0.1, 0.15) is 44.0 Å². The second-order valence-electron chi connectivity index (χ2n) is 7.46. The predicted molar refractivity (Wildman–Crippen MR) is 87.5 cm³/mol. The molecule has 0 aromatic carbocycles. The number of pyridine rings is 1. The minimum Gasteiger partial charge on any atom is -0.314 e. The molecule has 2 atom stereocenters. The lowest BCUT2D eigenvalue weighted by atomic mass is 9.89. The van der Waals surface area contributed by atoms with Gasteiger partial charge in [-0.15, -0.1) is 0 Å². The Balaban J connectivity index is 1.68. The fourth-order valence-electron chi connectivity index (χ4n) is 4.12. The SMILES string of the molecule is CCC(=O)c1cccn(CCN2CCC3(C)C(F)(F)C3(C)C2)c1=O. The van der Waals surface area contributed by atoms with Crippen LogP contribution in [0.15, 0.2) is 23.1 Å². The van der Waals surface area contributed by atoms with E-state index in [1.807, 2.05) is 4.90 Å². The number of piperidine rings is 1. The lowest BCUT2D eigenvalue weighted by Crippen LogP contribution is -2.41. The molecule has 1 aromatic heterocycles. The molecular formula is C18H24F2N2O2. The van der Waals surface area contributed by atoms with Crippen LogP contribution >= 0.6 is 0 Å². The van der Waals surface area contributed by atoms with Crippen molar-refractivity contribution in [3.05, 3.63) is 34.2 Å². The summed E-state index contributed by atoms with van der Waals surface area (Å²) in [6.45, 7) is 6.96. The molecule has 24 heavy (non-hydrogen) atoms. The Kier molecular flexibility index (Phi) is 3.94. The first-order chi connectivity index (χ1) is 11.2. The summed E-state index contributed by atoms with van der Waals surface area (Å²) in [4.78, 5) is 26.1. The van der Waals surface area contributed by atoms with Crippen LogP contribution in [0.25, 0.3) is 0 Å². The second-order valence-corrected chi connectivity index (χ2v) is 7.46. The smallest absolute Gasteiger partial charge is 0.261 e. The van der Waals surface area contributed by atoms with Gasteiger partial charge < -0.3 is 9.47 Å². The third kappa shape index (κ3) is 2.19. The van der Waals surface area contributed by atoms with Crippen molar-refractivity contribution < 1.29 is 13.6 Å². The monoisotopic (exact) mass is 338 g/mol. The van der Waals surface area contributed by atoms with Gasteiger partial charge in [-0.25, -0.2) is 8.78 Å². The minimum atomic E-state index is -2.61. The Morgan fingerprint density at radius 2 is 1.96 bits per heavy atom. The van der Waals surface area contributed by atoms with Gasteiger partial charge in [0.05, 0.1) is 11.0 Å². The van der Waals surface area contributed by atoms with Crippen molar-refractivity contribution in [2.75, 3.05) is 19.6 Å². The van der Waals surface area contributed by atoms with Crippen molar-refractivity contribution in [3.8, 4) is 0 Å². The molecule has 1 aromatic rings. The Morgan fingerprint density at radius 3 is 2.58 bits per heavy atom. The molecule has 1 aliphatic carbocycles. The zero-order valence-corrected chi connectivity index (χ0v) is 14.4. The number of carbonyl (C=O) groups excluding carboxylic acids is 1. The molecule has 1 aliphatic heterocycles. The molecule has 1 saturated heterocycles. The summed E-state index contributed by atoms with van der Waals surface area (Å²) in [6, 6.07) is 3.23. The number of carbonyl (C=O) groups is 1. The van der Waals surface area contributed by atoms with Gasteiger partial charge in [-0.3, -0.25) is 9.59 Å². The summed E-state index contributed by atoms with van der Waals surface area (Å²) in [6.07, 6.45) is 2.41. The van der Waals surface area contributed by atoms with E-state index in [0.29, 0.717) is 32.6 Å². The molecule has 0 radical (unpaired) electrons. The van der Waals surface area contributed by atoms with Crippen molar-refractivity contribution in [1.82, 2.24) is 9.47 Å². The first-order valence-corrected chi connectivity index (χ1v) is 8.51. The highest BCUT2D eigenvalue weighted by Crippen LogP contribution is 2.77. The number of hydrogen-bond acceptors (Lipinski definition) is 3. The van der Waals surface area contributed by atoms with Crippen molar-refractivity contribution in [3.63, 3.8) is 0 Å². The highest BCUT2D eigenvalue weighted by molar-refractivity contribution is 5.95. The van der Waals surface area contributed by atoms with Gasteiger partial charge in [0, 0.05) is 37.7 Å². The average molecular weight is 338 g/mol. The van der Waals surface area contributed by atoms with Gasteiger partial charge >= 0.3 is 0 Å². The molecule has 0 amide bonds. The highest BCUT2D eigenvalue weighted by atomic mass is 19.3. The predicted octanol–water partition coefficient (Wildman–Crippen LogP) is 2.81. The number of fused-ring (bicyclic) bond motifs is 1. The van der Waals surface area contributed by atoms with E-state index in [1.54, 1.807) is 39.1 Å². The fourth-order valence-corrected chi connectivity index (χ4v) is 4.12. The number of Topliss-reactive ketones (excluding diaryl/α,β-unsaturated/α-hetero) is 1. The summed E-state index contributed by atoms with van der Waals surface area (Å²) in [5, 5.41) is 0. The van der Waals surface area contributed by atoms with E-state index >= 15 is 0 Å². The topological polar surface area (TPSA) is 42.3 Å². The molecule has 0 N–H and O–H groups in total. The van der Waals surface area contributed by atoms with E-state index < -0.39 is 16.8 Å². The van der Waals surface area contributed by atoms with Crippen molar-refractivity contribution in [2.45, 2.75) is 46.1 Å². The first kappa shape index (κ1) is 17.3. The first-order valence-electron chi connectivity index (χ1n) is 8.51. The van der Waals surface area contributed by atoms with Gasteiger partial charge in [-0.1, -0.05) is 20.8 Å². The van der Waals surface area contributed by atoms with E-state index in [0.717, 1.165) is 0 Å². The lowest BCUT2D eigenvalue weighted by molar-refractivity contribution is 0.0489. The third-order valence-corrected chi connectivity index (χ3v) is 6.31. The van der Waals surface area contributed by atoms with Crippen LogP contribution in [0, 0.1) is 10.8 Å².